The molecule has 2 rings (SSSR count). The van der Waals surface area contributed by atoms with Crippen molar-refractivity contribution in [1.29, 1.82) is 0 Å². The van der Waals surface area contributed by atoms with Crippen molar-refractivity contribution >= 4 is 12.2 Å². The van der Waals surface area contributed by atoms with E-state index in [4.69, 9.17) is 17.0 Å². The smallest absolute Gasteiger partial charge is 0.254 e. The van der Waals surface area contributed by atoms with Crippen molar-refractivity contribution in [1.82, 2.24) is 9.55 Å². The van der Waals surface area contributed by atoms with Gasteiger partial charge in [-0.2, -0.15) is 0 Å². The molecule has 0 spiro atoms. The van der Waals surface area contributed by atoms with Crippen LogP contribution in [-0.4, -0.2) is 61.0 Å². The predicted molar refractivity (Wildman–Crippen MR) is 74.3 cm³/mol. The van der Waals surface area contributed by atoms with Crippen LogP contribution in [-0.2, 0) is 4.74 Å². The number of aliphatic hydroxyl groups is 4. The molecule has 1 saturated heterocycles. The third kappa shape index (κ3) is 3.23. The van der Waals surface area contributed by atoms with Gasteiger partial charge in [0.1, 0.15) is 24.5 Å². The molecule has 2 heterocycles. The van der Waals surface area contributed by atoms with Crippen LogP contribution in [0.3, 0.4) is 0 Å². The van der Waals surface area contributed by atoms with Crippen molar-refractivity contribution in [2.45, 2.75) is 44.0 Å². The number of aliphatic hydroxyl groups excluding tert-OH is 4. The first-order valence-electron chi connectivity index (χ1n) is 6.47. The van der Waals surface area contributed by atoms with E-state index in [0.29, 0.717) is 5.56 Å². The normalized spacial score (nSPS) is 33.7. The molecular weight excluding hydrogens is 300 g/mol. The molecule has 5 N–H and O–H groups in total. The van der Waals surface area contributed by atoms with E-state index in [-0.39, 0.29) is 16.8 Å². The summed E-state index contributed by atoms with van der Waals surface area (Å²) >= 11 is 5.05. The monoisotopic (exact) mass is 318 g/mol. The SMILES string of the molecule is Cc1cn(C2C[C@@H](O)[C@@H](O)[C@H](O)[C@@H](CO)O2)c(=S)[nH]c1=O. The van der Waals surface area contributed by atoms with Gasteiger partial charge in [-0.3, -0.25) is 14.3 Å². The minimum Gasteiger partial charge on any atom is -0.394 e. The molecule has 0 bridgehead atoms. The summed E-state index contributed by atoms with van der Waals surface area (Å²) in [7, 11) is 0. The number of ether oxygens (including phenoxy) is 1. The Bertz CT molecular complexity index is 615. The first-order valence-corrected chi connectivity index (χ1v) is 6.88. The largest absolute Gasteiger partial charge is 0.394 e. The summed E-state index contributed by atoms with van der Waals surface area (Å²) in [6.07, 6.45) is -4.59. The Morgan fingerprint density at radius 1 is 1.43 bits per heavy atom. The van der Waals surface area contributed by atoms with Crippen LogP contribution in [0.15, 0.2) is 11.0 Å². The number of aromatic amines is 1. The Morgan fingerprint density at radius 2 is 2.10 bits per heavy atom. The fraction of sp³-hybridized carbons (Fsp3) is 0.667. The second-order valence-corrected chi connectivity index (χ2v) is 5.46. The summed E-state index contributed by atoms with van der Waals surface area (Å²) in [5.74, 6) is 0. The molecule has 0 saturated carbocycles. The molecule has 8 nitrogen and oxygen atoms in total. The summed E-state index contributed by atoms with van der Waals surface area (Å²) in [5.41, 5.74) is 0.0665. The molecule has 1 aliphatic rings. The van der Waals surface area contributed by atoms with Crippen molar-refractivity contribution < 1.29 is 25.2 Å². The van der Waals surface area contributed by atoms with Crippen molar-refractivity contribution in [2.24, 2.45) is 0 Å². The third-order valence-electron chi connectivity index (χ3n) is 3.54. The lowest BCUT2D eigenvalue weighted by atomic mass is 10.0. The topological polar surface area (TPSA) is 128 Å². The maximum absolute atomic E-state index is 11.5. The highest BCUT2D eigenvalue weighted by atomic mass is 32.1. The van der Waals surface area contributed by atoms with Gasteiger partial charge in [-0.25, -0.2) is 0 Å². The lowest BCUT2D eigenvalue weighted by molar-refractivity contribution is -0.132. The summed E-state index contributed by atoms with van der Waals surface area (Å²) < 4.78 is 7.04. The number of aromatic nitrogens is 2. The average molecular weight is 318 g/mol. The molecule has 1 aliphatic heterocycles. The lowest BCUT2D eigenvalue weighted by Crippen LogP contribution is -2.44. The van der Waals surface area contributed by atoms with E-state index in [1.807, 2.05) is 0 Å². The van der Waals surface area contributed by atoms with Gasteiger partial charge in [0.2, 0.25) is 0 Å². The number of rotatable bonds is 2. The van der Waals surface area contributed by atoms with E-state index in [1.54, 1.807) is 6.92 Å². The zero-order chi connectivity index (χ0) is 15.7. The first kappa shape index (κ1) is 16.3. The van der Waals surface area contributed by atoms with E-state index in [2.05, 4.69) is 4.98 Å². The van der Waals surface area contributed by atoms with Gasteiger partial charge in [-0.05, 0) is 19.1 Å². The predicted octanol–water partition coefficient (Wildman–Crippen LogP) is -1.42. The second-order valence-electron chi connectivity index (χ2n) is 5.07. The summed E-state index contributed by atoms with van der Waals surface area (Å²) in [5, 5.41) is 38.8. The van der Waals surface area contributed by atoms with E-state index in [0.717, 1.165) is 0 Å². The zero-order valence-electron chi connectivity index (χ0n) is 11.3. The van der Waals surface area contributed by atoms with Crippen LogP contribution >= 0.6 is 12.2 Å². The van der Waals surface area contributed by atoms with Gasteiger partial charge in [0, 0.05) is 18.2 Å². The summed E-state index contributed by atoms with van der Waals surface area (Å²) in [4.78, 5) is 14.0. The van der Waals surface area contributed by atoms with Crippen LogP contribution in [0.4, 0.5) is 0 Å². The number of nitrogens with one attached hydrogen (secondary N) is 1. The van der Waals surface area contributed by atoms with Crippen LogP contribution in [0.5, 0.6) is 0 Å². The fourth-order valence-corrected chi connectivity index (χ4v) is 2.52. The number of aryl methyl sites for hydroxylation is 1. The molecule has 1 fully saturated rings. The van der Waals surface area contributed by atoms with Crippen LogP contribution in [0.1, 0.15) is 18.2 Å². The van der Waals surface area contributed by atoms with Crippen LogP contribution in [0, 0.1) is 11.7 Å². The van der Waals surface area contributed by atoms with Gasteiger partial charge in [-0.15, -0.1) is 0 Å². The van der Waals surface area contributed by atoms with E-state index in [1.165, 1.54) is 10.8 Å². The van der Waals surface area contributed by atoms with Gasteiger partial charge in [-0.1, -0.05) is 0 Å². The molecule has 118 valence electrons. The maximum atomic E-state index is 11.5. The van der Waals surface area contributed by atoms with Crippen LogP contribution in [0.2, 0.25) is 0 Å². The highest BCUT2D eigenvalue weighted by Gasteiger charge is 2.39. The van der Waals surface area contributed by atoms with Crippen molar-refractivity contribution in [3.63, 3.8) is 0 Å². The van der Waals surface area contributed by atoms with Gasteiger partial charge in [0.05, 0.1) is 12.7 Å². The summed E-state index contributed by atoms with van der Waals surface area (Å²) in [6, 6.07) is 0. The lowest BCUT2D eigenvalue weighted by Gasteiger charge is -2.25. The molecule has 0 aliphatic carbocycles. The molecule has 0 aromatic carbocycles. The Labute approximate surface area is 125 Å². The molecule has 1 unspecified atom stereocenters. The Morgan fingerprint density at radius 3 is 2.71 bits per heavy atom. The molecule has 21 heavy (non-hydrogen) atoms. The Hall–Kier alpha value is -1.10. The second kappa shape index (κ2) is 6.34. The van der Waals surface area contributed by atoms with Crippen molar-refractivity contribution in [3.05, 3.63) is 26.9 Å². The molecular formula is C12H18N2O6S. The number of hydrogen-bond donors (Lipinski definition) is 5. The third-order valence-corrected chi connectivity index (χ3v) is 3.85. The fourth-order valence-electron chi connectivity index (χ4n) is 2.26. The minimum atomic E-state index is -1.44. The quantitative estimate of drug-likeness (QED) is 0.423. The van der Waals surface area contributed by atoms with Crippen LogP contribution in [0.25, 0.3) is 0 Å². The molecule has 5 atom stereocenters. The van der Waals surface area contributed by atoms with Gasteiger partial charge >= 0.3 is 0 Å². The Kier molecular flexibility index (Phi) is 4.91. The van der Waals surface area contributed by atoms with E-state index >= 15 is 0 Å². The number of nitrogens with zero attached hydrogens (tertiary/aromatic N) is 1. The summed E-state index contributed by atoms with van der Waals surface area (Å²) in [6.45, 7) is 1.06. The average Bonchev–Trinajstić information content (AvgIpc) is 2.54. The van der Waals surface area contributed by atoms with Crippen molar-refractivity contribution in [3.8, 4) is 0 Å². The van der Waals surface area contributed by atoms with Gasteiger partial charge < -0.3 is 25.2 Å². The Balaban J connectivity index is 2.41. The zero-order valence-corrected chi connectivity index (χ0v) is 12.2. The molecule has 0 amide bonds. The standard InChI is InChI=1S/C12H18N2O6S/c1-5-3-14(12(21)13-11(5)19)8-2-6(16)9(17)10(18)7(4-15)20-8/h3,6-10,15-18H,2,4H2,1H3,(H,13,19,21)/t6-,7-,8?,9-,10-/m1/s1. The van der Waals surface area contributed by atoms with Crippen molar-refractivity contribution in [2.75, 3.05) is 6.61 Å². The molecule has 1 aromatic rings. The van der Waals surface area contributed by atoms with E-state index in [9.17, 15) is 25.2 Å². The highest BCUT2D eigenvalue weighted by Crippen LogP contribution is 2.27. The highest BCUT2D eigenvalue weighted by molar-refractivity contribution is 7.71. The van der Waals surface area contributed by atoms with Gasteiger partial charge in [0.15, 0.2) is 4.77 Å². The molecule has 1 aromatic heterocycles. The molecule has 0 radical (unpaired) electrons. The van der Waals surface area contributed by atoms with Crippen LogP contribution < -0.4 is 5.56 Å². The maximum Gasteiger partial charge on any atom is 0.254 e. The first-order chi connectivity index (χ1) is 9.85. The van der Waals surface area contributed by atoms with Gasteiger partial charge in [0.25, 0.3) is 5.56 Å². The minimum absolute atomic E-state index is 0.0471. The molecule has 9 heteroatoms. The number of H-pyrrole nitrogens is 1. The van der Waals surface area contributed by atoms with E-state index < -0.39 is 37.3 Å². The number of hydrogen-bond acceptors (Lipinski definition) is 7.